The lowest BCUT2D eigenvalue weighted by molar-refractivity contribution is 0.102. The number of carbonyl (C=O) groups is 1. The fraction of sp³-hybridized carbons (Fsp3) is 0. The number of phenols is 1. The van der Waals surface area contributed by atoms with E-state index >= 15 is 0 Å². The number of H-pyrrole nitrogens is 1. The number of aromatic hydroxyl groups is 1. The highest BCUT2D eigenvalue weighted by molar-refractivity contribution is 9.10. The van der Waals surface area contributed by atoms with Gasteiger partial charge in [-0.15, -0.1) is 0 Å². The Bertz CT molecular complexity index is 1110. The quantitative estimate of drug-likeness (QED) is 0.439. The Morgan fingerprint density at radius 2 is 1.88 bits per heavy atom. The predicted octanol–water partition coefficient (Wildman–Crippen LogP) is 4.35. The second-order valence-corrected chi connectivity index (χ2v) is 6.51. The van der Waals surface area contributed by atoms with Crippen LogP contribution in [0.1, 0.15) is 10.5 Å². The number of anilines is 1. The minimum atomic E-state index is -0.309. The molecule has 0 saturated heterocycles. The van der Waals surface area contributed by atoms with E-state index in [0.29, 0.717) is 16.0 Å². The molecule has 7 heteroatoms. The molecule has 26 heavy (non-hydrogen) atoms. The van der Waals surface area contributed by atoms with Crippen LogP contribution in [-0.2, 0) is 0 Å². The summed E-state index contributed by atoms with van der Waals surface area (Å²) in [7, 11) is 0. The molecule has 0 radical (unpaired) electrons. The summed E-state index contributed by atoms with van der Waals surface area (Å²) in [5.41, 5.74) is 3.54. The number of hydrogen-bond acceptors (Lipinski definition) is 4. The topological polar surface area (TPSA) is 90.9 Å². The van der Waals surface area contributed by atoms with Crippen molar-refractivity contribution in [2.24, 2.45) is 0 Å². The molecular weight excluding hydrogens is 396 g/mol. The molecule has 0 bridgehead atoms. The smallest absolute Gasteiger partial charge is 0.274 e. The number of phenolic OH excluding ortho intramolecular Hbond substituents is 1. The van der Waals surface area contributed by atoms with E-state index in [1.54, 1.807) is 36.5 Å². The maximum Gasteiger partial charge on any atom is 0.274 e. The minimum Gasteiger partial charge on any atom is -0.508 e. The number of rotatable bonds is 3. The summed E-state index contributed by atoms with van der Waals surface area (Å²) in [5, 5.41) is 20.2. The lowest BCUT2D eigenvalue weighted by atomic mass is 10.0. The van der Waals surface area contributed by atoms with Crippen LogP contribution >= 0.6 is 15.9 Å². The van der Waals surface area contributed by atoms with Gasteiger partial charge in [-0.1, -0.05) is 18.2 Å². The second kappa shape index (κ2) is 6.61. The van der Waals surface area contributed by atoms with Crippen LogP contribution in [-0.4, -0.2) is 26.2 Å². The minimum absolute atomic E-state index is 0.200. The Balaban J connectivity index is 1.75. The van der Waals surface area contributed by atoms with Crippen LogP contribution in [0.3, 0.4) is 0 Å². The van der Waals surface area contributed by atoms with Crippen molar-refractivity contribution in [3.63, 3.8) is 0 Å². The highest BCUT2D eigenvalue weighted by atomic mass is 79.9. The predicted molar refractivity (Wildman–Crippen MR) is 103 cm³/mol. The van der Waals surface area contributed by atoms with Crippen molar-refractivity contribution in [2.45, 2.75) is 0 Å². The summed E-state index contributed by atoms with van der Waals surface area (Å²) in [6.07, 6.45) is 1.67. The van der Waals surface area contributed by atoms with Gasteiger partial charge in [0.1, 0.15) is 16.0 Å². The first-order chi connectivity index (χ1) is 12.6. The highest BCUT2D eigenvalue weighted by Gasteiger charge is 2.13. The molecule has 0 saturated carbocycles. The van der Waals surface area contributed by atoms with Crippen LogP contribution in [0.25, 0.3) is 22.0 Å². The Labute approximate surface area is 157 Å². The van der Waals surface area contributed by atoms with Crippen molar-refractivity contribution in [1.82, 2.24) is 15.2 Å². The molecule has 0 aliphatic rings. The van der Waals surface area contributed by atoms with Crippen LogP contribution in [0.5, 0.6) is 5.75 Å². The Kier molecular flexibility index (Phi) is 4.14. The largest absolute Gasteiger partial charge is 0.508 e. The van der Waals surface area contributed by atoms with Gasteiger partial charge >= 0.3 is 0 Å². The van der Waals surface area contributed by atoms with E-state index in [0.717, 1.165) is 22.0 Å². The molecule has 2 aromatic carbocycles. The van der Waals surface area contributed by atoms with Crippen LogP contribution in [0.2, 0.25) is 0 Å². The first-order valence-corrected chi connectivity index (χ1v) is 8.60. The zero-order valence-corrected chi connectivity index (χ0v) is 15.0. The maximum atomic E-state index is 12.6. The number of pyridine rings is 1. The van der Waals surface area contributed by atoms with Crippen LogP contribution in [0, 0.1) is 0 Å². The normalized spacial score (nSPS) is 10.8. The van der Waals surface area contributed by atoms with Gasteiger partial charge in [-0.3, -0.25) is 9.89 Å². The van der Waals surface area contributed by atoms with Crippen LogP contribution in [0.4, 0.5) is 5.69 Å². The molecule has 0 aliphatic heterocycles. The average molecular weight is 409 g/mol. The van der Waals surface area contributed by atoms with E-state index in [4.69, 9.17) is 0 Å². The zero-order chi connectivity index (χ0) is 18.1. The van der Waals surface area contributed by atoms with Crippen molar-refractivity contribution in [2.75, 3.05) is 5.32 Å². The number of halogens is 1. The maximum absolute atomic E-state index is 12.6. The van der Waals surface area contributed by atoms with Gasteiger partial charge in [0.05, 0.1) is 17.4 Å². The van der Waals surface area contributed by atoms with E-state index in [-0.39, 0.29) is 11.7 Å². The number of aromatic amines is 1. The van der Waals surface area contributed by atoms with Crippen molar-refractivity contribution in [3.8, 4) is 16.9 Å². The molecule has 4 aromatic rings. The van der Waals surface area contributed by atoms with Gasteiger partial charge in [0.15, 0.2) is 0 Å². The standard InChI is InChI=1S/C19H13BrN4O2/c20-18-3-1-2-15(22-18)19(26)23-16-8-12(9-17-14(16)10-21-24-17)11-4-6-13(25)7-5-11/h1-10,25H,(H,21,24)(H,23,26). The molecular formula is C19H13BrN4O2. The molecule has 128 valence electrons. The molecule has 0 spiro atoms. The molecule has 4 rings (SSSR count). The number of fused-ring (bicyclic) bond motifs is 1. The van der Waals surface area contributed by atoms with E-state index in [2.05, 4.69) is 36.4 Å². The summed E-state index contributed by atoms with van der Waals surface area (Å²) < 4.78 is 0.594. The molecule has 0 aliphatic carbocycles. The molecule has 3 N–H and O–H groups in total. The highest BCUT2D eigenvalue weighted by Crippen LogP contribution is 2.31. The first-order valence-electron chi connectivity index (χ1n) is 7.80. The number of hydrogen-bond donors (Lipinski definition) is 3. The van der Waals surface area contributed by atoms with Crippen molar-refractivity contribution >= 4 is 38.4 Å². The van der Waals surface area contributed by atoms with Gasteiger partial charge in [0.2, 0.25) is 0 Å². The Hall–Kier alpha value is -3.19. The van der Waals surface area contributed by atoms with Crippen molar-refractivity contribution < 1.29 is 9.90 Å². The van der Waals surface area contributed by atoms with E-state index in [1.165, 1.54) is 0 Å². The summed E-state index contributed by atoms with van der Waals surface area (Å²) in [6, 6.07) is 15.9. The fourth-order valence-electron chi connectivity index (χ4n) is 2.70. The number of carbonyl (C=O) groups excluding carboxylic acids is 1. The second-order valence-electron chi connectivity index (χ2n) is 5.70. The molecule has 0 unspecified atom stereocenters. The van der Waals surface area contributed by atoms with Crippen molar-refractivity contribution in [1.29, 1.82) is 0 Å². The van der Waals surface area contributed by atoms with Gasteiger partial charge in [0, 0.05) is 5.39 Å². The molecule has 0 fully saturated rings. The third-order valence-electron chi connectivity index (χ3n) is 3.96. The van der Waals surface area contributed by atoms with Gasteiger partial charge in [-0.25, -0.2) is 4.98 Å². The third kappa shape index (κ3) is 3.16. The first kappa shape index (κ1) is 16.3. The van der Waals surface area contributed by atoms with Crippen molar-refractivity contribution in [3.05, 3.63) is 71.1 Å². The van der Waals surface area contributed by atoms with E-state index in [9.17, 15) is 9.90 Å². The number of amides is 1. The van der Waals surface area contributed by atoms with Gasteiger partial charge < -0.3 is 10.4 Å². The molecule has 2 aromatic heterocycles. The third-order valence-corrected chi connectivity index (χ3v) is 4.40. The SMILES string of the molecule is O=C(Nc1cc(-c2ccc(O)cc2)cc2[nH]ncc12)c1cccc(Br)n1. The van der Waals surface area contributed by atoms with E-state index < -0.39 is 0 Å². The molecule has 0 atom stereocenters. The summed E-state index contributed by atoms with van der Waals surface area (Å²) in [5.74, 6) is -0.109. The van der Waals surface area contributed by atoms with E-state index in [1.807, 2.05) is 24.3 Å². The number of nitrogens with one attached hydrogen (secondary N) is 2. The van der Waals surface area contributed by atoms with Crippen LogP contribution in [0.15, 0.2) is 65.4 Å². The zero-order valence-electron chi connectivity index (χ0n) is 13.4. The molecule has 2 heterocycles. The van der Waals surface area contributed by atoms with Gasteiger partial charge in [-0.05, 0) is 63.5 Å². The average Bonchev–Trinajstić information content (AvgIpc) is 3.11. The molecule has 1 amide bonds. The Morgan fingerprint density at radius 1 is 1.08 bits per heavy atom. The molecule has 6 nitrogen and oxygen atoms in total. The summed E-state index contributed by atoms with van der Waals surface area (Å²) in [6.45, 7) is 0. The fourth-order valence-corrected chi connectivity index (χ4v) is 3.04. The number of aromatic nitrogens is 3. The van der Waals surface area contributed by atoms with Gasteiger partial charge in [-0.2, -0.15) is 5.10 Å². The number of nitrogens with zero attached hydrogens (tertiary/aromatic N) is 2. The van der Waals surface area contributed by atoms with Crippen LogP contribution < -0.4 is 5.32 Å². The number of benzene rings is 2. The summed E-state index contributed by atoms with van der Waals surface area (Å²) in [4.78, 5) is 16.7. The lowest BCUT2D eigenvalue weighted by Gasteiger charge is -2.10. The lowest BCUT2D eigenvalue weighted by Crippen LogP contribution is -2.13. The Morgan fingerprint density at radius 3 is 2.65 bits per heavy atom. The van der Waals surface area contributed by atoms with Gasteiger partial charge in [0.25, 0.3) is 5.91 Å². The monoisotopic (exact) mass is 408 g/mol. The summed E-state index contributed by atoms with van der Waals surface area (Å²) >= 11 is 3.27.